The average molecular weight is 255 g/mol. The van der Waals surface area contributed by atoms with E-state index in [0.717, 1.165) is 38.6 Å². The summed E-state index contributed by atoms with van der Waals surface area (Å²) in [6, 6.07) is 0.187. The number of hydrogen-bond acceptors (Lipinski definition) is 4. The second-order valence-electron chi connectivity index (χ2n) is 5.54. The molecule has 2 rings (SSSR count). The smallest absolute Gasteiger partial charge is 0.323 e. The molecule has 0 aromatic carbocycles. The summed E-state index contributed by atoms with van der Waals surface area (Å²) in [5.41, 5.74) is 0. The van der Waals surface area contributed by atoms with Gasteiger partial charge < -0.3 is 9.84 Å². The van der Waals surface area contributed by atoms with E-state index in [1.807, 2.05) is 13.8 Å². The van der Waals surface area contributed by atoms with E-state index >= 15 is 0 Å². The molecule has 1 aliphatic carbocycles. The summed E-state index contributed by atoms with van der Waals surface area (Å²) < 4.78 is 5.11. The van der Waals surface area contributed by atoms with Gasteiger partial charge in [0.25, 0.3) is 0 Å². The third-order valence-corrected chi connectivity index (χ3v) is 4.49. The Hall–Kier alpha value is -0.610. The highest BCUT2D eigenvalue weighted by Gasteiger charge is 2.41. The Labute approximate surface area is 109 Å². The van der Waals surface area contributed by atoms with Crippen molar-refractivity contribution in [3.8, 4) is 0 Å². The Kier molecular flexibility index (Phi) is 4.62. The minimum atomic E-state index is -0.176. The molecule has 2 aliphatic rings. The zero-order valence-electron chi connectivity index (χ0n) is 11.5. The number of ether oxygens (including phenoxy) is 1. The van der Waals surface area contributed by atoms with Crippen molar-refractivity contribution in [3.63, 3.8) is 0 Å². The molecule has 1 N–H and O–H groups in total. The molecule has 0 spiro atoms. The molecule has 1 aliphatic heterocycles. The SMILES string of the molecule is CCOC(=O)C(C)N1CCCC1C1CCCC1O. The van der Waals surface area contributed by atoms with Crippen LogP contribution in [-0.2, 0) is 9.53 Å². The third kappa shape index (κ3) is 2.69. The molecule has 0 amide bonds. The van der Waals surface area contributed by atoms with E-state index in [1.165, 1.54) is 0 Å². The molecule has 2 fully saturated rings. The fourth-order valence-electron chi connectivity index (χ4n) is 3.57. The Morgan fingerprint density at radius 3 is 2.78 bits per heavy atom. The number of carbonyl (C=O) groups excluding carboxylic acids is 1. The van der Waals surface area contributed by atoms with Gasteiger partial charge in [0.1, 0.15) is 6.04 Å². The van der Waals surface area contributed by atoms with Crippen LogP contribution in [-0.4, -0.2) is 47.3 Å². The van der Waals surface area contributed by atoms with E-state index in [-0.39, 0.29) is 18.1 Å². The van der Waals surface area contributed by atoms with Crippen LogP contribution >= 0.6 is 0 Å². The first-order valence-electron chi connectivity index (χ1n) is 7.25. The zero-order chi connectivity index (χ0) is 13.1. The lowest BCUT2D eigenvalue weighted by molar-refractivity contribution is -0.149. The molecule has 0 aromatic rings. The van der Waals surface area contributed by atoms with Gasteiger partial charge in [-0.2, -0.15) is 0 Å². The van der Waals surface area contributed by atoms with Gasteiger partial charge in [0.05, 0.1) is 12.7 Å². The second-order valence-corrected chi connectivity index (χ2v) is 5.54. The van der Waals surface area contributed by atoms with E-state index < -0.39 is 0 Å². The summed E-state index contributed by atoms with van der Waals surface area (Å²) in [5.74, 6) is 0.223. The highest BCUT2D eigenvalue weighted by atomic mass is 16.5. The van der Waals surface area contributed by atoms with Crippen molar-refractivity contribution in [1.82, 2.24) is 4.90 Å². The van der Waals surface area contributed by atoms with E-state index in [4.69, 9.17) is 4.74 Å². The lowest BCUT2D eigenvalue weighted by Gasteiger charge is -2.34. The average Bonchev–Trinajstić information content (AvgIpc) is 2.96. The van der Waals surface area contributed by atoms with Crippen LogP contribution in [0.4, 0.5) is 0 Å². The van der Waals surface area contributed by atoms with Crippen molar-refractivity contribution in [1.29, 1.82) is 0 Å². The lowest BCUT2D eigenvalue weighted by atomic mass is 9.93. The number of carbonyl (C=O) groups is 1. The summed E-state index contributed by atoms with van der Waals surface area (Å²) in [6.07, 6.45) is 5.18. The van der Waals surface area contributed by atoms with Crippen LogP contribution in [0.3, 0.4) is 0 Å². The van der Waals surface area contributed by atoms with Crippen molar-refractivity contribution in [2.24, 2.45) is 5.92 Å². The molecule has 1 heterocycles. The van der Waals surface area contributed by atoms with Gasteiger partial charge in [0.15, 0.2) is 0 Å². The summed E-state index contributed by atoms with van der Waals surface area (Å²) >= 11 is 0. The molecule has 18 heavy (non-hydrogen) atoms. The molecule has 0 radical (unpaired) electrons. The first-order valence-corrected chi connectivity index (χ1v) is 7.25. The van der Waals surface area contributed by atoms with Gasteiger partial charge in [0, 0.05) is 12.0 Å². The molecule has 4 heteroatoms. The summed E-state index contributed by atoms with van der Waals surface area (Å²) in [6.45, 7) is 5.16. The van der Waals surface area contributed by atoms with Gasteiger partial charge in [-0.25, -0.2) is 0 Å². The fraction of sp³-hybridized carbons (Fsp3) is 0.929. The Morgan fingerprint density at radius 2 is 2.17 bits per heavy atom. The number of likely N-dealkylation sites (tertiary alicyclic amines) is 1. The predicted molar refractivity (Wildman–Crippen MR) is 69.2 cm³/mol. The summed E-state index contributed by atoms with van der Waals surface area (Å²) in [7, 11) is 0. The molecule has 1 saturated carbocycles. The summed E-state index contributed by atoms with van der Waals surface area (Å²) in [5, 5.41) is 10.0. The van der Waals surface area contributed by atoms with Crippen LogP contribution in [0.25, 0.3) is 0 Å². The maximum absolute atomic E-state index is 11.8. The van der Waals surface area contributed by atoms with Crippen molar-refractivity contribution < 1.29 is 14.6 Å². The number of nitrogens with zero attached hydrogens (tertiary/aromatic N) is 1. The van der Waals surface area contributed by atoms with Crippen LogP contribution in [0.1, 0.15) is 46.0 Å². The zero-order valence-corrected chi connectivity index (χ0v) is 11.5. The van der Waals surface area contributed by atoms with Crippen molar-refractivity contribution in [3.05, 3.63) is 0 Å². The standard InChI is InChI=1S/C14H25NO3/c1-3-18-14(17)10(2)15-9-5-7-12(15)11-6-4-8-13(11)16/h10-13,16H,3-9H2,1-2H3. The Bertz CT molecular complexity index is 295. The highest BCUT2D eigenvalue weighted by Crippen LogP contribution is 2.36. The van der Waals surface area contributed by atoms with Crippen LogP contribution in [0.2, 0.25) is 0 Å². The fourth-order valence-corrected chi connectivity index (χ4v) is 3.57. The molecule has 104 valence electrons. The molecular weight excluding hydrogens is 230 g/mol. The summed E-state index contributed by atoms with van der Waals surface area (Å²) in [4.78, 5) is 14.1. The number of hydrogen-bond donors (Lipinski definition) is 1. The monoisotopic (exact) mass is 255 g/mol. The predicted octanol–water partition coefficient (Wildman–Crippen LogP) is 1.56. The molecule has 4 nitrogen and oxygen atoms in total. The van der Waals surface area contributed by atoms with Crippen molar-refractivity contribution in [2.75, 3.05) is 13.2 Å². The van der Waals surface area contributed by atoms with Gasteiger partial charge in [-0.1, -0.05) is 6.42 Å². The second kappa shape index (κ2) is 6.02. The van der Waals surface area contributed by atoms with E-state index in [9.17, 15) is 9.90 Å². The van der Waals surface area contributed by atoms with E-state index in [0.29, 0.717) is 18.6 Å². The Balaban J connectivity index is 2.00. The minimum absolute atomic E-state index is 0.128. The number of aliphatic hydroxyl groups is 1. The van der Waals surface area contributed by atoms with Gasteiger partial charge in [0.2, 0.25) is 0 Å². The number of esters is 1. The molecule has 1 saturated heterocycles. The van der Waals surface area contributed by atoms with Gasteiger partial charge in [-0.05, 0) is 46.1 Å². The third-order valence-electron chi connectivity index (χ3n) is 4.49. The quantitative estimate of drug-likeness (QED) is 0.775. The topological polar surface area (TPSA) is 49.8 Å². The van der Waals surface area contributed by atoms with Gasteiger partial charge >= 0.3 is 5.97 Å². The molecule has 4 unspecified atom stereocenters. The molecular formula is C14H25NO3. The van der Waals surface area contributed by atoms with E-state index in [2.05, 4.69) is 4.90 Å². The van der Waals surface area contributed by atoms with Crippen LogP contribution in [0.15, 0.2) is 0 Å². The maximum atomic E-state index is 11.8. The lowest BCUT2D eigenvalue weighted by Crippen LogP contribution is -2.47. The molecule has 0 aromatic heterocycles. The van der Waals surface area contributed by atoms with Crippen LogP contribution in [0, 0.1) is 5.92 Å². The minimum Gasteiger partial charge on any atom is -0.465 e. The van der Waals surface area contributed by atoms with Crippen LogP contribution < -0.4 is 0 Å². The normalized spacial score (nSPS) is 34.7. The largest absolute Gasteiger partial charge is 0.465 e. The molecule has 0 bridgehead atoms. The van der Waals surface area contributed by atoms with E-state index in [1.54, 1.807) is 0 Å². The van der Waals surface area contributed by atoms with Gasteiger partial charge in [-0.15, -0.1) is 0 Å². The first-order chi connectivity index (χ1) is 8.65. The highest BCUT2D eigenvalue weighted by molar-refractivity contribution is 5.75. The maximum Gasteiger partial charge on any atom is 0.323 e. The van der Waals surface area contributed by atoms with Crippen molar-refractivity contribution in [2.45, 2.75) is 64.1 Å². The number of rotatable bonds is 4. The van der Waals surface area contributed by atoms with Crippen LogP contribution in [0.5, 0.6) is 0 Å². The van der Waals surface area contributed by atoms with Gasteiger partial charge in [-0.3, -0.25) is 9.69 Å². The molecule has 4 atom stereocenters. The van der Waals surface area contributed by atoms with Crippen molar-refractivity contribution >= 4 is 5.97 Å². The number of aliphatic hydroxyl groups excluding tert-OH is 1. The first kappa shape index (κ1) is 13.8. The Morgan fingerprint density at radius 1 is 1.39 bits per heavy atom.